The molecule has 4 N–H and O–H groups in total. The zero-order valence-electron chi connectivity index (χ0n) is 11.5. The number of rotatable bonds is 4. The van der Waals surface area contributed by atoms with Crippen LogP contribution in [0.25, 0.3) is 0 Å². The molecule has 0 fully saturated rings. The molecule has 0 aliphatic carbocycles. The number of hydrogen-bond donors (Lipinski definition) is 3. The minimum absolute atomic E-state index is 0.0742. The number of nitrogens with one attached hydrogen (secondary N) is 2. The Morgan fingerprint density at radius 2 is 2.00 bits per heavy atom. The highest BCUT2D eigenvalue weighted by molar-refractivity contribution is 7.89. The normalized spacial score (nSPS) is 15.1. The van der Waals surface area contributed by atoms with Gasteiger partial charge in [-0.05, 0) is 19.1 Å². The summed E-state index contributed by atoms with van der Waals surface area (Å²) in [5.74, 6) is 1.17. The van der Waals surface area contributed by atoms with Crippen LogP contribution in [0.1, 0.15) is 6.92 Å². The molecule has 1 atom stereocenters. The summed E-state index contributed by atoms with van der Waals surface area (Å²) in [6.07, 6.45) is 0. The van der Waals surface area contributed by atoms with Gasteiger partial charge in [0, 0.05) is 18.3 Å². The van der Waals surface area contributed by atoms with Crippen LogP contribution in [0.5, 0.6) is 11.5 Å². The van der Waals surface area contributed by atoms with Crippen LogP contribution < -0.4 is 25.2 Å². The van der Waals surface area contributed by atoms with Gasteiger partial charge in [0.2, 0.25) is 10.0 Å². The third-order valence-corrected chi connectivity index (χ3v) is 4.20. The van der Waals surface area contributed by atoms with Gasteiger partial charge in [0.05, 0.1) is 5.25 Å². The number of benzene rings is 1. The Labute approximate surface area is 122 Å². The summed E-state index contributed by atoms with van der Waals surface area (Å²) in [7, 11) is -3.66. The van der Waals surface area contributed by atoms with Crippen LogP contribution in [0.4, 0.5) is 10.5 Å². The predicted molar refractivity (Wildman–Crippen MR) is 77.0 cm³/mol. The topological polar surface area (TPSA) is 120 Å². The molecule has 1 aliphatic rings. The van der Waals surface area contributed by atoms with Crippen LogP contribution in [-0.4, -0.2) is 39.5 Å². The molecule has 0 bridgehead atoms. The van der Waals surface area contributed by atoms with E-state index >= 15 is 0 Å². The average molecular weight is 315 g/mol. The summed E-state index contributed by atoms with van der Waals surface area (Å²) in [5, 5.41) is 9.12. The summed E-state index contributed by atoms with van der Waals surface area (Å²) in [6.45, 7) is 2.29. The van der Waals surface area contributed by atoms with E-state index < -0.39 is 21.3 Å². The van der Waals surface area contributed by atoms with Gasteiger partial charge in [0.15, 0.2) is 11.5 Å². The number of anilines is 1. The monoisotopic (exact) mass is 315 g/mol. The van der Waals surface area contributed by atoms with Gasteiger partial charge >= 0.3 is 6.03 Å². The SMILES string of the molecule is C[C@@H](CNC(=O)Nc1ccc2c(c1)OCCO2)S(N)(=O)=O. The molecule has 2 amide bonds. The highest BCUT2D eigenvalue weighted by Gasteiger charge is 2.17. The molecule has 2 rings (SSSR count). The fourth-order valence-electron chi connectivity index (χ4n) is 1.65. The molecule has 0 aromatic heterocycles. The minimum atomic E-state index is -3.66. The zero-order chi connectivity index (χ0) is 15.5. The summed E-state index contributed by atoms with van der Waals surface area (Å²) in [5.41, 5.74) is 0.514. The third-order valence-electron chi connectivity index (χ3n) is 2.91. The largest absolute Gasteiger partial charge is 0.486 e. The maximum absolute atomic E-state index is 11.7. The van der Waals surface area contributed by atoms with Gasteiger partial charge < -0.3 is 20.1 Å². The zero-order valence-corrected chi connectivity index (χ0v) is 12.3. The maximum atomic E-state index is 11.7. The van der Waals surface area contributed by atoms with E-state index in [9.17, 15) is 13.2 Å². The lowest BCUT2D eigenvalue weighted by atomic mass is 10.2. The van der Waals surface area contributed by atoms with Crippen molar-refractivity contribution in [2.75, 3.05) is 25.1 Å². The van der Waals surface area contributed by atoms with E-state index in [1.165, 1.54) is 6.92 Å². The minimum Gasteiger partial charge on any atom is -0.486 e. The number of carbonyl (C=O) groups excluding carboxylic acids is 1. The second kappa shape index (κ2) is 6.19. The number of nitrogens with two attached hydrogens (primary N) is 1. The first-order valence-corrected chi connectivity index (χ1v) is 7.93. The number of ether oxygens (including phenoxy) is 2. The molecule has 9 heteroatoms. The van der Waals surface area contributed by atoms with Gasteiger partial charge in [-0.3, -0.25) is 0 Å². The van der Waals surface area contributed by atoms with E-state index in [-0.39, 0.29) is 6.54 Å². The smallest absolute Gasteiger partial charge is 0.319 e. The van der Waals surface area contributed by atoms with Crippen molar-refractivity contribution >= 4 is 21.7 Å². The fraction of sp³-hybridized carbons (Fsp3) is 0.417. The van der Waals surface area contributed by atoms with Crippen molar-refractivity contribution < 1.29 is 22.7 Å². The number of sulfonamides is 1. The Hall–Kier alpha value is -2.00. The van der Waals surface area contributed by atoms with Crippen LogP contribution in [-0.2, 0) is 10.0 Å². The molecule has 0 radical (unpaired) electrons. The number of carbonyl (C=O) groups is 1. The molecule has 21 heavy (non-hydrogen) atoms. The molecule has 1 heterocycles. The lowest BCUT2D eigenvalue weighted by molar-refractivity contribution is 0.171. The van der Waals surface area contributed by atoms with Crippen molar-refractivity contribution in [1.29, 1.82) is 0 Å². The summed E-state index contributed by atoms with van der Waals surface area (Å²) < 4.78 is 32.8. The number of hydrogen-bond acceptors (Lipinski definition) is 5. The highest BCUT2D eigenvalue weighted by Crippen LogP contribution is 2.32. The van der Waals surface area contributed by atoms with Gasteiger partial charge in [-0.15, -0.1) is 0 Å². The molecule has 1 aromatic rings. The van der Waals surface area contributed by atoms with Crippen molar-refractivity contribution in [3.05, 3.63) is 18.2 Å². The molecular weight excluding hydrogens is 298 g/mol. The average Bonchev–Trinajstić information content (AvgIpc) is 2.43. The fourth-order valence-corrected chi connectivity index (χ4v) is 1.96. The van der Waals surface area contributed by atoms with Crippen LogP contribution in [0.3, 0.4) is 0 Å². The van der Waals surface area contributed by atoms with Crippen LogP contribution >= 0.6 is 0 Å². The van der Waals surface area contributed by atoms with Crippen molar-refractivity contribution in [1.82, 2.24) is 5.32 Å². The van der Waals surface area contributed by atoms with E-state index in [1.807, 2.05) is 0 Å². The molecule has 1 aliphatic heterocycles. The van der Waals surface area contributed by atoms with Gasteiger partial charge in [-0.1, -0.05) is 0 Å². The molecule has 116 valence electrons. The van der Waals surface area contributed by atoms with E-state index in [4.69, 9.17) is 14.6 Å². The van der Waals surface area contributed by atoms with Crippen molar-refractivity contribution in [2.24, 2.45) is 5.14 Å². The van der Waals surface area contributed by atoms with Gasteiger partial charge in [0.1, 0.15) is 13.2 Å². The Kier molecular flexibility index (Phi) is 4.53. The first-order valence-electron chi connectivity index (χ1n) is 6.32. The second-order valence-corrected chi connectivity index (χ2v) is 6.58. The van der Waals surface area contributed by atoms with Crippen LogP contribution in [0.15, 0.2) is 18.2 Å². The summed E-state index contributed by atoms with van der Waals surface area (Å²) in [4.78, 5) is 11.7. The van der Waals surface area contributed by atoms with E-state index in [1.54, 1.807) is 18.2 Å². The molecule has 0 spiro atoms. The van der Waals surface area contributed by atoms with Gasteiger partial charge in [0.25, 0.3) is 0 Å². The van der Waals surface area contributed by atoms with E-state index in [0.29, 0.717) is 30.4 Å². The van der Waals surface area contributed by atoms with E-state index in [2.05, 4.69) is 10.6 Å². The van der Waals surface area contributed by atoms with Crippen molar-refractivity contribution in [2.45, 2.75) is 12.2 Å². The molecule has 0 unspecified atom stereocenters. The van der Waals surface area contributed by atoms with Crippen LogP contribution in [0, 0.1) is 0 Å². The first kappa shape index (κ1) is 15.4. The molecule has 0 saturated heterocycles. The lowest BCUT2D eigenvalue weighted by Gasteiger charge is -2.19. The predicted octanol–water partition coefficient (Wildman–Crippen LogP) is 0.256. The summed E-state index contributed by atoms with van der Waals surface area (Å²) in [6, 6.07) is 4.46. The van der Waals surface area contributed by atoms with Gasteiger partial charge in [-0.25, -0.2) is 18.4 Å². The van der Waals surface area contributed by atoms with Crippen molar-refractivity contribution in [3.8, 4) is 11.5 Å². The first-order chi connectivity index (χ1) is 9.86. The number of primary sulfonamides is 1. The molecular formula is C12H17N3O5S. The number of urea groups is 1. The second-order valence-electron chi connectivity index (χ2n) is 4.59. The lowest BCUT2D eigenvalue weighted by Crippen LogP contribution is -2.39. The Morgan fingerprint density at radius 1 is 1.33 bits per heavy atom. The quantitative estimate of drug-likeness (QED) is 0.736. The highest BCUT2D eigenvalue weighted by atomic mass is 32.2. The molecule has 8 nitrogen and oxygen atoms in total. The summed E-state index contributed by atoms with van der Waals surface area (Å²) >= 11 is 0. The number of fused-ring (bicyclic) bond motifs is 1. The van der Waals surface area contributed by atoms with Crippen molar-refractivity contribution in [3.63, 3.8) is 0 Å². The maximum Gasteiger partial charge on any atom is 0.319 e. The third kappa shape index (κ3) is 4.23. The Balaban J connectivity index is 1.91. The van der Waals surface area contributed by atoms with Gasteiger partial charge in [-0.2, -0.15) is 0 Å². The number of amides is 2. The molecule has 1 aromatic carbocycles. The van der Waals surface area contributed by atoms with E-state index in [0.717, 1.165) is 0 Å². The van der Waals surface area contributed by atoms with Crippen LogP contribution in [0.2, 0.25) is 0 Å². The Morgan fingerprint density at radius 3 is 2.67 bits per heavy atom. The Bertz CT molecular complexity index is 632. The standard InChI is InChI=1S/C12H17N3O5S/c1-8(21(13,17)18)7-14-12(16)15-9-2-3-10-11(6-9)20-5-4-19-10/h2-3,6,8H,4-5,7H2,1H3,(H2,13,17,18)(H2,14,15,16)/t8-/m0/s1. The molecule has 0 saturated carbocycles.